The minimum atomic E-state index is -0.00356. The molecule has 5 rings (SSSR count). The van der Waals surface area contributed by atoms with E-state index in [2.05, 4.69) is 65.4 Å². The van der Waals surface area contributed by atoms with E-state index in [-0.39, 0.29) is 5.91 Å². The van der Waals surface area contributed by atoms with E-state index in [1.165, 1.54) is 18.5 Å². The average molecular weight is 441 g/mol. The van der Waals surface area contributed by atoms with Crippen LogP contribution in [-0.2, 0) is 6.42 Å². The number of nitrogens with two attached hydrogens (primary N) is 1. The van der Waals surface area contributed by atoms with Gasteiger partial charge in [-0.15, -0.1) is 0 Å². The summed E-state index contributed by atoms with van der Waals surface area (Å²) in [5.41, 5.74) is 13.4. The maximum atomic E-state index is 12.1. The predicted octanol–water partition coefficient (Wildman–Crippen LogP) is 5.16. The van der Waals surface area contributed by atoms with Gasteiger partial charge in [0.05, 0.1) is 0 Å². The van der Waals surface area contributed by atoms with Crippen LogP contribution >= 0.6 is 0 Å². The highest BCUT2D eigenvalue weighted by atomic mass is 16.1. The fraction of sp³-hybridized carbons (Fsp3) is 0.357. The van der Waals surface area contributed by atoms with Gasteiger partial charge in [0.1, 0.15) is 5.82 Å². The van der Waals surface area contributed by atoms with Crippen molar-refractivity contribution in [3.63, 3.8) is 0 Å². The molecule has 0 radical (unpaired) electrons. The molecule has 1 fully saturated rings. The molecule has 1 amide bonds. The van der Waals surface area contributed by atoms with Crippen LogP contribution in [0.4, 0.5) is 11.5 Å². The molecule has 5 heteroatoms. The highest BCUT2D eigenvalue weighted by Gasteiger charge is 2.22. The summed E-state index contributed by atoms with van der Waals surface area (Å²) in [4.78, 5) is 19.1. The third-order valence-electron chi connectivity index (χ3n) is 7.23. The van der Waals surface area contributed by atoms with E-state index < -0.39 is 0 Å². The first-order chi connectivity index (χ1) is 16.0. The molecule has 0 aliphatic carbocycles. The third-order valence-corrected chi connectivity index (χ3v) is 7.23. The van der Waals surface area contributed by atoms with Crippen molar-refractivity contribution in [1.29, 1.82) is 0 Å². The van der Waals surface area contributed by atoms with Crippen molar-refractivity contribution in [3.05, 3.63) is 65.9 Å². The molecule has 2 aromatic carbocycles. The molecular formula is C28H32N4O. The van der Waals surface area contributed by atoms with E-state index in [4.69, 9.17) is 5.73 Å². The Labute approximate surface area is 196 Å². The third kappa shape index (κ3) is 4.32. The standard InChI is InChI=1S/C28H32N4O/c1-18(2)22-4-3-13-32(17-22)24-8-5-19(6-9-24)23-15-26(27(29)31-16-23)20-7-10-25-21(14-20)11-12-30-28(25)33/h5-10,14-16,18,22H,3-4,11-13,17H2,1-2H3,(H2,29,31)(H,30,33). The van der Waals surface area contributed by atoms with Gasteiger partial charge in [-0.2, -0.15) is 0 Å². The zero-order valence-electron chi connectivity index (χ0n) is 19.5. The van der Waals surface area contributed by atoms with E-state index in [1.807, 2.05) is 18.3 Å². The molecule has 2 aliphatic rings. The number of anilines is 2. The van der Waals surface area contributed by atoms with Crippen LogP contribution in [0.5, 0.6) is 0 Å². The van der Waals surface area contributed by atoms with Gasteiger partial charge in [0.25, 0.3) is 5.91 Å². The van der Waals surface area contributed by atoms with Crippen LogP contribution in [-0.4, -0.2) is 30.5 Å². The molecule has 2 aliphatic heterocycles. The summed E-state index contributed by atoms with van der Waals surface area (Å²) in [7, 11) is 0. The summed E-state index contributed by atoms with van der Waals surface area (Å²) < 4.78 is 0. The number of nitrogens with one attached hydrogen (secondary N) is 1. The van der Waals surface area contributed by atoms with E-state index >= 15 is 0 Å². The SMILES string of the molecule is CC(C)C1CCCN(c2ccc(-c3cnc(N)c(-c4ccc5c(c4)CCNC5=O)c3)cc2)C1. The van der Waals surface area contributed by atoms with Crippen molar-refractivity contribution in [2.24, 2.45) is 11.8 Å². The van der Waals surface area contributed by atoms with Crippen molar-refractivity contribution < 1.29 is 4.79 Å². The van der Waals surface area contributed by atoms with Gasteiger partial charge in [0.15, 0.2) is 0 Å². The summed E-state index contributed by atoms with van der Waals surface area (Å²) in [6, 6.07) is 16.9. The molecule has 33 heavy (non-hydrogen) atoms. The highest BCUT2D eigenvalue weighted by Crippen LogP contribution is 2.33. The van der Waals surface area contributed by atoms with Gasteiger partial charge in [-0.1, -0.05) is 38.1 Å². The largest absolute Gasteiger partial charge is 0.383 e. The Kier molecular flexibility index (Phi) is 5.79. The summed E-state index contributed by atoms with van der Waals surface area (Å²) in [5.74, 6) is 1.99. The molecule has 1 unspecified atom stereocenters. The molecule has 170 valence electrons. The van der Waals surface area contributed by atoms with Gasteiger partial charge < -0.3 is 16.0 Å². The first kappa shape index (κ1) is 21.5. The molecule has 5 nitrogen and oxygen atoms in total. The van der Waals surface area contributed by atoms with Crippen molar-refractivity contribution in [1.82, 2.24) is 10.3 Å². The number of carbonyl (C=O) groups excluding carboxylic acids is 1. The van der Waals surface area contributed by atoms with Crippen LogP contribution in [0.15, 0.2) is 54.7 Å². The lowest BCUT2D eigenvalue weighted by molar-refractivity contribution is 0.0946. The van der Waals surface area contributed by atoms with Gasteiger partial charge in [-0.05, 0) is 72.1 Å². The molecule has 1 aromatic heterocycles. The van der Waals surface area contributed by atoms with Crippen molar-refractivity contribution in [3.8, 4) is 22.3 Å². The van der Waals surface area contributed by atoms with Gasteiger partial charge in [0.2, 0.25) is 0 Å². The lowest BCUT2D eigenvalue weighted by Crippen LogP contribution is -2.37. The summed E-state index contributed by atoms with van der Waals surface area (Å²) in [6.45, 7) is 7.61. The Balaban J connectivity index is 1.41. The number of fused-ring (bicyclic) bond motifs is 1. The topological polar surface area (TPSA) is 71.2 Å². The number of nitrogens with zero attached hydrogens (tertiary/aromatic N) is 2. The second-order valence-electron chi connectivity index (χ2n) is 9.67. The molecule has 3 N–H and O–H groups in total. The smallest absolute Gasteiger partial charge is 0.251 e. The van der Waals surface area contributed by atoms with Gasteiger partial charge in [-0.3, -0.25) is 4.79 Å². The van der Waals surface area contributed by atoms with Gasteiger partial charge in [-0.25, -0.2) is 4.98 Å². The fourth-order valence-electron chi connectivity index (χ4n) is 5.11. The number of carbonyl (C=O) groups is 1. The molecule has 0 bridgehead atoms. The molecular weight excluding hydrogens is 408 g/mol. The van der Waals surface area contributed by atoms with Crippen molar-refractivity contribution in [2.45, 2.75) is 33.1 Å². The average Bonchev–Trinajstić information content (AvgIpc) is 2.84. The van der Waals surface area contributed by atoms with E-state index in [1.54, 1.807) is 0 Å². The predicted molar refractivity (Wildman–Crippen MR) is 135 cm³/mol. The van der Waals surface area contributed by atoms with Gasteiger partial charge >= 0.3 is 0 Å². The second-order valence-corrected chi connectivity index (χ2v) is 9.67. The molecule has 1 saturated heterocycles. The number of amides is 1. The second kappa shape index (κ2) is 8.89. The van der Waals surface area contributed by atoms with Crippen LogP contribution < -0.4 is 16.0 Å². The van der Waals surface area contributed by atoms with Crippen LogP contribution in [0, 0.1) is 11.8 Å². The minimum Gasteiger partial charge on any atom is -0.383 e. The van der Waals surface area contributed by atoms with E-state index in [9.17, 15) is 4.79 Å². The molecule has 3 aromatic rings. The van der Waals surface area contributed by atoms with Crippen LogP contribution in [0.25, 0.3) is 22.3 Å². The summed E-state index contributed by atoms with van der Waals surface area (Å²) >= 11 is 0. The monoisotopic (exact) mass is 440 g/mol. The van der Waals surface area contributed by atoms with Crippen LogP contribution in [0.3, 0.4) is 0 Å². The number of hydrogen-bond donors (Lipinski definition) is 2. The quantitative estimate of drug-likeness (QED) is 0.588. The Hall–Kier alpha value is -3.34. The van der Waals surface area contributed by atoms with Gasteiger partial charge in [0, 0.05) is 48.2 Å². The number of benzene rings is 2. The summed E-state index contributed by atoms with van der Waals surface area (Å²) in [5, 5.41) is 2.90. The first-order valence-electron chi connectivity index (χ1n) is 12.0. The van der Waals surface area contributed by atoms with Crippen molar-refractivity contribution in [2.75, 3.05) is 30.3 Å². The lowest BCUT2D eigenvalue weighted by atomic mass is 9.87. The lowest BCUT2D eigenvalue weighted by Gasteiger charge is -2.36. The molecule has 3 heterocycles. The zero-order chi connectivity index (χ0) is 22.9. The normalized spacial score (nSPS) is 18.2. The number of pyridine rings is 1. The number of nitrogen functional groups attached to an aromatic ring is 1. The molecule has 0 saturated carbocycles. The minimum absolute atomic E-state index is 0.00356. The van der Waals surface area contributed by atoms with Crippen molar-refractivity contribution >= 4 is 17.4 Å². The van der Waals surface area contributed by atoms with Crippen LogP contribution in [0.1, 0.15) is 42.6 Å². The number of hydrogen-bond acceptors (Lipinski definition) is 4. The fourth-order valence-corrected chi connectivity index (χ4v) is 5.11. The maximum Gasteiger partial charge on any atom is 0.251 e. The Morgan fingerprint density at radius 3 is 2.61 bits per heavy atom. The number of aromatic nitrogens is 1. The van der Waals surface area contributed by atoms with E-state index in [0.717, 1.165) is 64.7 Å². The Morgan fingerprint density at radius 1 is 1.03 bits per heavy atom. The maximum absolute atomic E-state index is 12.1. The molecule has 0 spiro atoms. The number of piperidine rings is 1. The summed E-state index contributed by atoms with van der Waals surface area (Å²) in [6.07, 6.45) is 5.27. The number of rotatable bonds is 4. The Morgan fingerprint density at radius 2 is 1.82 bits per heavy atom. The molecule has 1 atom stereocenters. The van der Waals surface area contributed by atoms with E-state index in [0.29, 0.717) is 12.4 Å². The first-order valence-corrected chi connectivity index (χ1v) is 12.0. The van der Waals surface area contributed by atoms with Crippen LogP contribution in [0.2, 0.25) is 0 Å². The Bertz CT molecular complexity index is 1170. The zero-order valence-corrected chi connectivity index (χ0v) is 19.5. The highest BCUT2D eigenvalue weighted by molar-refractivity contribution is 5.97.